The number of hydrogen-bond donors (Lipinski definition) is 0. The summed E-state index contributed by atoms with van der Waals surface area (Å²) in [6.07, 6.45) is 1.87. The van der Waals surface area contributed by atoms with Gasteiger partial charge in [0.15, 0.2) is 0 Å². The lowest BCUT2D eigenvalue weighted by atomic mass is 10.1. The Morgan fingerprint density at radius 3 is 2.47 bits per heavy atom. The van der Waals surface area contributed by atoms with Crippen molar-refractivity contribution in [1.29, 1.82) is 5.26 Å². The maximum atomic E-state index is 12.2. The van der Waals surface area contributed by atoms with Gasteiger partial charge in [0.1, 0.15) is 0 Å². The fourth-order valence-corrected chi connectivity index (χ4v) is 2.99. The van der Waals surface area contributed by atoms with Crippen molar-refractivity contribution in [3.63, 3.8) is 0 Å². The van der Waals surface area contributed by atoms with Gasteiger partial charge in [-0.2, -0.15) is 5.26 Å². The molecule has 90 valence electrons. The largest absolute Gasteiger partial charge is 0.288 e. The molecule has 0 amide bonds. The van der Waals surface area contributed by atoms with E-state index in [1.165, 1.54) is 11.8 Å². The van der Waals surface area contributed by atoms with Crippen molar-refractivity contribution in [2.24, 2.45) is 0 Å². The SMILES string of the molecule is N#Cc1ccc(/C=C2\Sc3ccccc3C2=O)cc1. The summed E-state index contributed by atoms with van der Waals surface area (Å²) < 4.78 is 0. The number of carbonyl (C=O) groups excluding carboxylic acids is 1. The van der Waals surface area contributed by atoms with Gasteiger partial charge in [0.25, 0.3) is 0 Å². The average Bonchev–Trinajstić information content (AvgIpc) is 2.77. The first-order valence-corrected chi connectivity index (χ1v) is 6.63. The van der Waals surface area contributed by atoms with Crippen LogP contribution in [0.1, 0.15) is 21.5 Å². The molecule has 0 saturated carbocycles. The lowest BCUT2D eigenvalue weighted by Crippen LogP contribution is -1.93. The maximum Gasteiger partial charge on any atom is 0.200 e. The summed E-state index contributed by atoms with van der Waals surface area (Å²) in [6.45, 7) is 0. The molecular weight excluding hydrogens is 254 g/mol. The van der Waals surface area contributed by atoms with Gasteiger partial charge >= 0.3 is 0 Å². The Labute approximate surface area is 115 Å². The van der Waals surface area contributed by atoms with Gasteiger partial charge in [-0.15, -0.1) is 0 Å². The van der Waals surface area contributed by atoms with Crippen molar-refractivity contribution in [3.8, 4) is 6.07 Å². The Kier molecular flexibility index (Phi) is 2.94. The molecule has 0 N–H and O–H groups in total. The van der Waals surface area contributed by atoms with E-state index in [1.54, 1.807) is 12.1 Å². The van der Waals surface area contributed by atoms with E-state index in [2.05, 4.69) is 6.07 Å². The number of hydrogen-bond acceptors (Lipinski definition) is 3. The van der Waals surface area contributed by atoms with Crippen molar-refractivity contribution < 1.29 is 4.79 Å². The first-order valence-electron chi connectivity index (χ1n) is 5.81. The molecule has 19 heavy (non-hydrogen) atoms. The number of allylic oxidation sites excluding steroid dienone is 1. The highest BCUT2D eigenvalue weighted by Crippen LogP contribution is 2.40. The van der Waals surface area contributed by atoms with Crippen LogP contribution in [-0.4, -0.2) is 5.78 Å². The molecule has 0 radical (unpaired) electrons. The molecular formula is C16H9NOS. The smallest absolute Gasteiger partial charge is 0.200 e. The zero-order valence-corrected chi connectivity index (χ0v) is 10.8. The number of rotatable bonds is 1. The number of benzene rings is 2. The van der Waals surface area contributed by atoms with Crippen molar-refractivity contribution in [3.05, 3.63) is 70.1 Å². The first-order chi connectivity index (χ1) is 9.28. The Balaban J connectivity index is 1.94. The van der Waals surface area contributed by atoms with E-state index in [0.29, 0.717) is 5.56 Å². The molecule has 0 spiro atoms. The molecule has 0 unspecified atom stereocenters. The minimum atomic E-state index is 0.0740. The number of nitriles is 1. The fourth-order valence-electron chi connectivity index (χ4n) is 1.94. The molecule has 1 aliphatic heterocycles. The molecule has 1 aliphatic rings. The number of ketones is 1. The van der Waals surface area contributed by atoms with Crippen LogP contribution in [0.3, 0.4) is 0 Å². The zero-order chi connectivity index (χ0) is 13.2. The topological polar surface area (TPSA) is 40.9 Å². The lowest BCUT2D eigenvalue weighted by Gasteiger charge is -1.96. The summed E-state index contributed by atoms with van der Waals surface area (Å²) in [4.78, 5) is 13.9. The van der Waals surface area contributed by atoms with Crippen LogP contribution in [-0.2, 0) is 0 Å². The Morgan fingerprint density at radius 2 is 1.79 bits per heavy atom. The van der Waals surface area contributed by atoms with Crippen LogP contribution in [0.25, 0.3) is 6.08 Å². The third kappa shape index (κ3) is 2.18. The molecule has 3 heteroatoms. The van der Waals surface area contributed by atoms with E-state index in [0.717, 1.165) is 20.9 Å². The molecule has 0 bridgehead atoms. The van der Waals surface area contributed by atoms with Gasteiger partial charge in [0.2, 0.25) is 5.78 Å². The first kappa shape index (κ1) is 11.8. The van der Waals surface area contributed by atoms with Crippen LogP contribution in [0.2, 0.25) is 0 Å². The minimum absolute atomic E-state index is 0.0740. The van der Waals surface area contributed by atoms with E-state index in [9.17, 15) is 4.79 Å². The fraction of sp³-hybridized carbons (Fsp3) is 0. The van der Waals surface area contributed by atoms with E-state index < -0.39 is 0 Å². The number of thioether (sulfide) groups is 1. The molecule has 3 rings (SSSR count). The molecule has 0 atom stereocenters. The van der Waals surface area contributed by atoms with Gasteiger partial charge < -0.3 is 0 Å². The summed E-state index contributed by atoms with van der Waals surface area (Å²) >= 11 is 1.50. The molecule has 1 heterocycles. The quantitative estimate of drug-likeness (QED) is 0.733. The standard InChI is InChI=1S/C16H9NOS/c17-10-12-7-5-11(6-8-12)9-15-16(18)13-3-1-2-4-14(13)19-15/h1-9H/b15-9-. The number of fused-ring (bicyclic) bond motifs is 1. The predicted octanol–water partition coefficient (Wildman–Crippen LogP) is 3.89. The predicted molar refractivity (Wildman–Crippen MR) is 75.8 cm³/mol. The molecule has 2 aromatic rings. The van der Waals surface area contributed by atoms with Crippen LogP contribution in [0.5, 0.6) is 0 Å². The Hall–Kier alpha value is -2.31. The molecule has 0 aliphatic carbocycles. The molecule has 0 saturated heterocycles. The van der Waals surface area contributed by atoms with Crippen molar-refractivity contribution in [1.82, 2.24) is 0 Å². The van der Waals surface area contributed by atoms with Gasteiger partial charge in [-0.3, -0.25) is 4.79 Å². The highest BCUT2D eigenvalue weighted by molar-refractivity contribution is 8.04. The maximum absolute atomic E-state index is 12.2. The highest BCUT2D eigenvalue weighted by atomic mass is 32.2. The van der Waals surface area contributed by atoms with E-state index in [1.807, 2.05) is 42.5 Å². The van der Waals surface area contributed by atoms with Crippen molar-refractivity contribution in [2.45, 2.75) is 4.90 Å². The number of Topliss-reactive ketones (excluding diaryl/α,β-unsaturated/α-hetero) is 1. The van der Waals surface area contributed by atoms with E-state index in [-0.39, 0.29) is 5.78 Å². The van der Waals surface area contributed by atoms with Crippen LogP contribution in [0, 0.1) is 11.3 Å². The molecule has 2 aromatic carbocycles. The molecule has 0 aromatic heterocycles. The zero-order valence-electron chi connectivity index (χ0n) is 9.96. The second-order valence-electron chi connectivity index (χ2n) is 4.17. The number of nitrogens with zero attached hydrogens (tertiary/aromatic N) is 1. The second kappa shape index (κ2) is 4.75. The second-order valence-corrected chi connectivity index (χ2v) is 5.25. The lowest BCUT2D eigenvalue weighted by molar-refractivity contribution is 0.104. The monoisotopic (exact) mass is 263 g/mol. The van der Waals surface area contributed by atoms with Crippen LogP contribution >= 0.6 is 11.8 Å². The van der Waals surface area contributed by atoms with Gasteiger partial charge in [-0.1, -0.05) is 36.0 Å². The van der Waals surface area contributed by atoms with Gasteiger partial charge in [0.05, 0.1) is 16.5 Å². The van der Waals surface area contributed by atoms with Crippen LogP contribution in [0.15, 0.2) is 58.3 Å². The molecule has 0 fully saturated rings. The normalized spacial score (nSPS) is 15.3. The third-order valence-electron chi connectivity index (χ3n) is 2.91. The van der Waals surface area contributed by atoms with Crippen molar-refractivity contribution in [2.75, 3.05) is 0 Å². The summed E-state index contributed by atoms with van der Waals surface area (Å²) in [6, 6.07) is 16.9. The highest BCUT2D eigenvalue weighted by Gasteiger charge is 2.24. The van der Waals surface area contributed by atoms with Crippen LogP contribution < -0.4 is 0 Å². The number of carbonyl (C=O) groups is 1. The average molecular weight is 263 g/mol. The summed E-state index contributed by atoms with van der Waals surface area (Å²) in [7, 11) is 0. The van der Waals surface area contributed by atoms with E-state index >= 15 is 0 Å². The van der Waals surface area contributed by atoms with Gasteiger partial charge in [-0.25, -0.2) is 0 Å². The molecule has 2 nitrogen and oxygen atoms in total. The minimum Gasteiger partial charge on any atom is -0.288 e. The van der Waals surface area contributed by atoms with E-state index in [4.69, 9.17) is 5.26 Å². The summed E-state index contributed by atoms with van der Waals surface area (Å²) in [5, 5.41) is 8.75. The van der Waals surface area contributed by atoms with Gasteiger partial charge in [0, 0.05) is 10.5 Å². The van der Waals surface area contributed by atoms with Crippen molar-refractivity contribution >= 4 is 23.6 Å². The summed E-state index contributed by atoms with van der Waals surface area (Å²) in [5.41, 5.74) is 2.32. The third-order valence-corrected chi connectivity index (χ3v) is 4.01. The van der Waals surface area contributed by atoms with Gasteiger partial charge in [-0.05, 0) is 35.9 Å². The summed E-state index contributed by atoms with van der Waals surface area (Å²) in [5.74, 6) is 0.0740. The Morgan fingerprint density at radius 1 is 1.05 bits per heavy atom. The Bertz CT molecular complexity index is 723. The van der Waals surface area contributed by atoms with Crippen LogP contribution in [0.4, 0.5) is 0 Å².